The zero-order valence-corrected chi connectivity index (χ0v) is 15.5. The lowest BCUT2D eigenvalue weighted by atomic mass is 10.2. The highest BCUT2D eigenvalue weighted by molar-refractivity contribution is 9.10. The normalized spacial score (nSPS) is 15.6. The van der Waals surface area contributed by atoms with Gasteiger partial charge in [0, 0.05) is 23.1 Å². The van der Waals surface area contributed by atoms with Gasteiger partial charge in [-0.3, -0.25) is 0 Å². The summed E-state index contributed by atoms with van der Waals surface area (Å²) in [6, 6.07) is 12.4. The zero-order valence-electron chi connectivity index (χ0n) is 13.1. The summed E-state index contributed by atoms with van der Waals surface area (Å²) in [5.74, 6) is 1.60. The molecule has 0 aliphatic carbocycles. The zero-order chi connectivity index (χ0) is 16.9. The largest absolute Gasteiger partial charge is 0.486 e. The van der Waals surface area contributed by atoms with Crippen LogP contribution in [0.5, 0.6) is 17.2 Å². The lowest BCUT2D eigenvalue weighted by Gasteiger charge is -2.26. The number of halogens is 4. The third-order valence-corrected chi connectivity index (χ3v) is 3.99. The van der Waals surface area contributed by atoms with E-state index in [9.17, 15) is 8.78 Å². The highest BCUT2D eigenvalue weighted by Crippen LogP contribution is 2.30. The van der Waals surface area contributed by atoms with Crippen molar-refractivity contribution in [3.8, 4) is 17.2 Å². The minimum absolute atomic E-state index is 0. The van der Waals surface area contributed by atoms with E-state index in [2.05, 4.69) is 26.0 Å². The molecule has 0 amide bonds. The summed E-state index contributed by atoms with van der Waals surface area (Å²) in [7, 11) is 0. The van der Waals surface area contributed by atoms with Gasteiger partial charge in [-0.05, 0) is 30.3 Å². The topological polar surface area (TPSA) is 39.7 Å². The van der Waals surface area contributed by atoms with E-state index in [1.165, 1.54) is 6.07 Å². The van der Waals surface area contributed by atoms with E-state index in [1.54, 1.807) is 12.1 Å². The van der Waals surface area contributed by atoms with Crippen molar-refractivity contribution in [2.45, 2.75) is 19.3 Å². The summed E-state index contributed by atoms with van der Waals surface area (Å²) in [6.07, 6.45) is -0.147. The van der Waals surface area contributed by atoms with E-state index < -0.39 is 6.61 Å². The number of alkyl halides is 2. The first-order chi connectivity index (χ1) is 11.6. The maximum Gasteiger partial charge on any atom is 0.387 e. The molecule has 1 aliphatic rings. The van der Waals surface area contributed by atoms with Gasteiger partial charge in [0.25, 0.3) is 0 Å². The lowest BCUT2D eigenvalue weighted by molar-refractivity contribution is -0.0505. The van der Waals surface area contributed by atoms with E-state index in [0.717, 1.165) is 10.2 Å². The smallest absolute Gasteiger partial charge is 0.387 e. The molecule has 1 N–H and O–H groups in total. The van der Waals surface area contributed by atoms with Crippen molar-refractivity contribution in [1.29, 1.82) is 0 Å². The molecular formula is C17H17BrClF2NO3. The SMILES string of the molecule is Cl.FC(F)Oc1ccc(Br)cc1CNCC1COc2ccccc2O1. The number of benzene rings is 2. The molecule has 2 aromatic rings. The Hall–Kier alpha value is -1.57. The highest BCUT2D eigenvalue weighted by Gasteiger charge is 2.20. The first kappa shape index (κ1) is 19.8. The van der Waals surface area contributed by atoms with Crippen LogP contribution >= 0.6 is 28.3 Å². The average molecular weight is 437 g/mol. The monoisotopic (exact) mass is 435 g/mol. The minimum Gasteiger partial charge on any atom is -0.486 e. The van der Waals surface area contributed by atoms with E-state index >= 15 is 0 Å². The first-order valence-corrected chi connectivity index (χ1v) is 8.23. The maximum atomic E-state index is 12.5. The number of para-hydroxylation sites is 2. The summed E-state index contributed by atoms with van der Waals surface area (Å²) in [5.41, 5.74) is 0.641. The maximum absolute atomic E-state index is 12.5. The van der Waals surface area contributed by atoms with Crippen molar-refractivity contribution < 1.29 is 23.0 Å². The Labute approximate surface area is 159 Å². The Morgan fingerprint density at radius 1 is 1.20 bits per heavy atom. The van der Waals surface area contributed by atoms with Crippen LogP contribution in [-0.2, 0) is 6.54 Å². The number of ether oxygens (including phenoxy) is 3. The Morgan fingerprint density at radius 2 is 1.96 bits per heavy atom. The molecule has 1 aliphatic heterocycles. The van der Waals surface area contributed by atoms with Gasteiger partial charge >= 0.3 is 6.61 Å². The number of hydrogen-bond donors (Lipinski definition) is 1. The molecule has 0 saturated heterocycles. The molecule has 25 heavy (non-hydrogen) atoms. The molecule has 0 fully saturated rings. The number of rotatable bonds is 6. The Morgan fingerprint density at radius 3 is 2.72 bits per heavy atom. The summed E-state index contributed by atoms with van der Waals surface area (Å²) in [5, 5.41) is 3.19. The van der Waals surface area contributed by atoms with Crippen LogP contribution in [0.3, 0.4) is 0 Å². The highest BCUT2D eigenvalue weighted by atomic mass is 79.9. The molecule has 0 spiro atoms. The molecule has 2 aromatic carbocycles. The van der Waals surface area contributed by atoms with Crippen molar-refractivity contribution in [2.75, 3.05) is 13.2 Å². The summed E-state index contributed by atoms with van der Waals surface area (Å²) in [4.78, 5) is 0. The van der Waals surface area contributed by atoms with Crippen LogP contribution in [0.1, 0.15) is 5.56 Å². The molecule has 0 aromatic heterocycles. The van der Waals surface area contributed by atoms with Crippen LogP contribution in [-0.4, -0.2) is 25.9 Å². The molecule has 0 saturated carbocycles. The Kier molecular flexibility index (Phi) is 7.28. The van der Waals surface area contributed by atoms with Crippen molar-refractivity contribution in [1.82, 2.24) is 5.32 Å². The van der Waals surface area contributed by atoms with Crippen molar-refractivity contribution >= 4 is 28.3 Å². The van der Waals surface area contributed by atoms with E-state index in [4.69, 9.17) is 9.47 Å². The third-order valence-electron chi connectivity index (χ3n) is 3.49. The molecule has 3 rings (SSSR count). The molecule has 136 valence electrons. The third kappa shape index (κ3) is 5.45. The lowest BCUT2D eigenvalue weighted by Crippen LogP contribution is -2.38. The Bertz CT molecular complexity index is 705. The number of nitrogens with one attached hydrogen (secondary N) is 1. The van der Waals surface area contributed by atoms with Gasteiger partial charge in [-0.25, -0.2) is 0 Å². The van der Waals surface area contributed by atoms with Crippen molar-refractivity contribution in [3.05, 3.63) is 52.5 Å². The molecular weight excluding hydrogens is 420 g/mol. The summed E-state index contributed by atoms with van der Waals surface area (Å²) in [6.45, 7) is -1.52. The standard InChI is InChI=1S/C17H16BrF2NO3.ClH/c18-12-5-6-14(24-17(19)20)11(7-12)8-21-9-13-10-22-15-3-1-2-4-16(15)23-13;/h1-7,13,17,21H,8-10H2;1H. The van der Waals surface area contributed by atoms with Gasteiger partial charge in [0.2, 0.25) is 0 Å². The molecule has 0 bridgehead atoms. The first-order valence-electron chi connectivity index (χ1n) is 7.44. The van der Waals surface area contributed by atoms with E-state index in [0.29, 0.717) is 31.0 Å². The molecule has 1 unspecified atom stereocenters. The summed E-state index contributed by atoms with van der Waals surface area (Å²) < 4.78 is 41.7. The van der Waals surface area contributed by atoms with Crippen molar-refractivity contribution in [3.63, 3.8) is 0 Å². The Balaban J connectivity index is 0.00000225. The van der Waals surface area contributed by atoms with Gasteiger partial charge in [0.05, 0.1) is 0 Å². The molecule has 1 atom stereocenters. The number of hydrogen-bond acceptors (Lipinski definition) is 4. The second-order valence-electron chi connectivity index (χ2n) is 5.26. The van der Waals surface area contributed by atoms with E-state index in [-0.39, 0.29) is 24.3 Å². The van der Waals surface area contributed by atoms with E-state index in [1.807, 2.05) is 24.3 Å². The quantitative estimate of drug-likeness (QED) is 0.728. The average Bonchev–Trinajstić information content (AvgIpc) is 2.57. The van der Waals surface area contributed by atoms with Gasteiger partial charge in [-0.2, -0.15) is 8.78 Å². The molecule has 8 heteroatoms. The van der Waals surface area contributed by atoms with Gasteiger partial charge in [0.1, 0.15) is 18.5 Å². The van der Waals surface area contributed by atoms with Gasteiger partial charge in [0.15, 0.2) is 11.5 Å². The predicted molar refractivity (Wildman–Crippen MR) is 96.1 cm³/mol. The van der Waals surface area contributed by atoms with Crippen molar-refractivity contribution in [2.24, 2.45) is 0 Å². The fourth-order valence-electron chi connectivity index (χ4n) is 2.43. The molecule has 4 nitrogen and oxygen atoms in total. The van der Waals surface area contributed by atoms with Crippen LogP contribution in [0.15, 0.2) is 46.9 Å². The summed E-state index contributed by atoms with van der Waals surface area (Å²) >= 11 is 3.33. The predicted octanol–water partition coefficient (Wildman–Crippen LogP) is 4.40. The van der Waals surface area contributed by atoms with Crippen LogP contribution in [0, 0.1) is 0 Å². The van der Waals surface area contributed by atoms with Gasteiger partial charge in [-0.15, -0.1) is 12.4 Å². The molecule has 1 heterocycles. The van der Waals surface area contributed by atoms with Crippen LogP contribution in [0.4, 0.5) is 8.78 Å². The minimum atomic E-state index is -2.85. The fourth-order valence-corrected chi connectivity index (χ4v) is 2.84. The van der Waals surface area contributed by atoms with Crippen LogP contribution in [0.2, 0.25) is 0 Å². The van der Waals surface area contributed by atoms with Gasteiger partial charge < -0.3 is 19.5 Å². The van der Waals surface area contributed by atoms with Crippen LogP contribution in [0.25, 0.3) is 0 Å². The number of fused-ring (bicyclic) bond motifs is 1. The fraction of sp³-hybridized carbons (Fsp3) is 0.294. The molecule has 0 radical (unpaired) electrons. The van der Waals surface area contributed by atoms with Crippen LogP contribution < -0.4 is 19.5 Å². The van der Waals surface area contributed by atoms with Gasteiger partial charge in [-0.1, -0.05) is 28.1 Å². The second kappa shape index (κ2) is 9.22. The second-order valence-corrected chi connectivity index (χ2v) is 6.17.